The SMILES string of the molecule is CC(C)COC(=O)N[C@@H](Cc1ccc(NC(=O)c2cccc(N=C(N)N)c2)cc1)C(=O)O. The quantitative estimate of drug-likeness (QED) is 0.293. The molecule has 1 atom stereocenters. The molecule has 0 saturated carbocycles. The van der Waals surface area contributed by atoms with Crippen LogP contribution in [0.3, 0.4) is 0 Å². The van der Waals surface area contributed by atoms with Gasteiger partial charge < -0.3 is 31.9 Å². The third-order valence-electron chi connectivity index (χ3n) is 4.16. The van der Waals surface area contributed by atoms with Crippen molar-refractivity contribution in [3.63, 3.8) is 0 Å². The number of anilines is 1. The highest BCUT2D eigenvalue weighted by Gasteiger charge is 2.21. The van der Waals surface area contributed by atoms with E-state index < -0.39 is 18.1 Å². The first-order chi connectivity index (χ1) is 15.1. The third kappa shape index (κ3) is 7.98. The van der Waals surface area contributed by atoms with Crippen LogP contribution in [0, 0.1) is 5.92 Å². The lowest BCUT2D eigenvalue weighted by atomic mass is 10.1. The minimum absolute atomic E-state index is 0.0564. The van der Waals surface area contributed by atoms with Gasteiger partial charge in [-0.25, -0.2) is 14.6 Å². The largest absolute Gasteiger partial charge is 0.480 e. The van der Waals surface area contributed by atoms with E-state index in [1.165, 1.54) is 0 Å². The van der Waals surface area contributed by atoms with E-state index in [1.54, 1.807) is 48.5 Å². The summed E-state index contributed by atoms with van der Waals surface area (Å²) in [4.78, 5) is 39.7. The molecule has 0 spiro atoms. The molecule has 7 N–H and O–H groups in total. The standard InChI is InChI=1S/C22H27N5O5/c1-13(2)12-32-22(31)27-18(20(29)30)10-14-6-8-16(9-7-14)25-19(28)15-4-3-5-17(11-15)26-21(23)24/h3-9,11,13,18H,10,12H2,1-2H3,(H,25,28)(H,27,31)(H,29,30)(H4,23,24,26)/t18-/m0/s1. The number of amides is 2. The van der Waals surface area contributed by atoms with Gasteiger partial charge >= 0.3 is 12.1 Å². The number of aliphatic imine (C=N–C) groups is 1. The van der Waals surface area contributed by atoms with Crippen LogP contribution in [0.15, 0.2) is 53.5 Å². The first-order valence-corrected chi connectivity index (χ1v) is 9.90. The van der Waals surface area contributed by atoms with Crippen molar-refractivity contribution in [2.24, 2.45) is 22.4 Å². The van der Waals surface area contributed by atoms with Crippen LogP contribution in [0.2, 0.25) is 0 Å². The Balaban J connectivity index is 1.99. The van der Waals surface area contributed by atoms with Crippen molar-refractivity contribution in [1.82, 2.24) is 5.32 Å². The van der Waals surface area contributed by atoms with Crippen LogP contribution in [0.5, 0.6) is 0 Å². The lowest BCUT2D eigenvalue weighted by molar-refractivity contribution is -0.139. The Hall–Kier alpha value is -4.08. The number of alkyl carbamates (subject to hydrolysis) is 1. The van der Waals surface area contributed by atoms with E-state index in [-0.39, 0.29) is 30.8 Å². The molecule has 170 valence electrons. The number of aliphatic carboxylic acids is 1. The molecule has 0 saturated heterocycles. The lowest BCUT2D eigenvalue weighted by Gasteiger charge is -2.15. The van der Waals surface area contributed by atoms with Gasteiger partial charge in [0.25, 0.3) is 5.91 Å². The number of carbonyl (C=O) groups excluding carboxylic acids is 2. The van der Waals surface area contributed by atoms with E-state index in [1.807, 2.05) is 13.8 Å². The van der Waals surface area contributed by atoms with Crippen molar-refractivity contribution in [2.75, 3.05) is 11.9 Å². The summed E-state index contributed by atoms with van der Waals surface area (Å²) in [7, 11) is 0. The smallest absolute Gasteiger partial charge is 0.407 e. The highest BCUT2D eigenvalue weighted by atomic mass is 16.5. The Bertz CT molecular complexity index is 984. The minimum atomic E-state index is -1.18. The molecule has 10 heteroatoms. The van der Waals surface area contributed by atoms with Crippen LogP contribution >= 0.6 is 0 Å². The number of hydrogen-bond acceptors (Lipinski definition) is 5. The van der Waals surface area contributed by atoms with Gasteiger partial charge in [0, 0.05) is 17.7 Å². The number of benzene rings is 2. The van der Waals surface area contributed by atoms with Crippen molar-refractivity contribution < 1.29 is 24.2 Å². The van der Waals surface area contributed by atoms with Crippen LogP contribution in [-0.2, 0) is 16.0 Å². The van der Waals surface area contributed by atoms with Gasteiger partial charge in [-0.1, -0.05) is 32.0 Å². The fraction of sp³-hybridized carbons (Fsp3) is 0.273. The molecule has 0 bridgehead atoms. The maximum absolute atomic E-state index is 12.5. The van der Waals surface area contributed by atoms with Gasteiger partial charge in [-0.3, -0.25) is 4.79 Å². The second-order valence-corrected chi connectivity index (χ2v) is 7.47. The monoisotopic (exact) mass is 441 g/mol. The van der Waals surface area contributed by atoms with Gasteiger partial charge in [-0.15, -0.1) is 0 Å². The molecule has 2 amide bonds. The Morgan fingerprint density at radius 3 is 2.38 bits per heavy atom. The van der Waals surface area contributed by atoms with E-state index in [9.17, 15) is 19.5 Å². The first-order valence-electron chi connectivity index (χ1n) is 9.90. The Kier molecular flexibility index (Phi) is 8.58. The number of ether oxygens (including phenoxy) is 1. The van der Waals surface area contributed by atoms with Crippen LogP contribution in [0.25, 0.3) is 0 Å². The molecule has 0 aliphatic rings. The number of nitrogens with two attached hydrogens (primary N) is 2. The molecule has 0 fully saturated rings. The topological polar surface area (TPSA) is 169 Å². The molecule has 2 aromatic carbocycles. The summed E-state index contributed by atoms with van der Waals surface area (Å²) in [5.41, 5.74) is 12.7. The zero-order valence-electron chi connectivity index (χ0n) is 17.9. The molecule has 0 aliphatic carbocycles. The molecular weight excluding hydrogens is 414 g/mol. The molecule has 2 aromatic rings. The van der Waals surface area contributed by atoms with Gasteiger partial charge in [0.15, 0.2) is 5.96 Å². The van der Waals surface area contributed by atoms with Crippen LogP contribution < -0.4 is 22.1 Å². The molecule has 0 heterocycles. The number of carbonyl (C=O) groups is 3. The van der Waals surface area contributed by atoms with Crippen LogP contribution in [0.4, 0.5) is 16.2 Å². The van der Waals surface area contributed by atoms with Crippen molar-refractivity contribution in [3.8, 4) is 0 Å². The number of guanidine groups is 1. The Morgan fingerprint density at radius 2 is 1.78 bits per heavy atom. The second-order valence-electron chi connectivity index (χ2n) is 7.47. The number of carboxylic acid groups (broad SMARTS) is 1. The maximum atomic E-state index is 12.5. The van der Waals surface area contributed by atoms with Gasteiger partial charge in [0.1, 0.15) is 6.04 Å². The first kappa shape index (κ1) is 24.2. The predicted octanol–water partition coefficient (Wildman–Crippen LogP) is 2.22. The third-order valence-corrected chi connectivity index (χ3v) is 4.16. The second kappa shape index (κ2) is 11.3. The van der Waals surface area contributed by atoms with Gasteiger partial charge in [0.2, 0.25) is 0 Å². The molecule has 0 radical (unpaired) electrons. The zero-order valence-corrected chi connectivity index (χ0v) is 17.9. The number of hydrogen-bond donors (Lipinski definition) is 5. The Morgan fingerprint density at radius 1 is 1.09 bits per heavy atom. The molecule has 2 rings (SSSR count). The number of carboxylic acids is 1. The van der Waals surface area contributed by atoms with Crippen molar-refractivity contribution >= 4 is 35.3 Å². The average molecular weight is 441 g/mol. The Labute approximate surface area is 185 Å². The summed E-state index contributed by atoms with van der Waals surface area (Å²) in [6.45, 7) is 3.95. The summed E-state index contributed by atoms with van der Waals surface area (Å²) >= 11 is 0. The fourth-order valence-corrected chi connectivity index (χ4v) is 2.66. The van der Waals surface area contributed by atoms with Gasteiger partial charge in [-0.05, 0) is 41.8 Å². The average Bonchev–Trinajstić information content (AvgIpc) is 2.72. The lowest BCUT2D eigenvalue weighted by Crippen LogP contribution is -2.42. The summed E-state index contributed by atoms with van der Waals surface area (Å²) in [5.74, 6) is -1.51. The fourth-order valence-electron chi connectivity index (χ4n) is 2.66. The van der Waals surface area contributed by atoms with E-state index in [2.05, 4.69) is 15.6 Å². The van der Waals surface area contributed by atoms with Crippen LogP contribution in [-0.4, -0.2) is 41.7 Å². The van der Waals surface area contributed by atoms with E-state index in [0.717, 1.165) is 0 Å². The maximum Gasteiger partial charge on any atom is 0.407 e. The van der Waals surface area contributed by atoms with E-state index in [4.69, 9.17) is 16.2 Å². The summed E-state index contributed by atoms with van der Waals surface area (Å²) in [6.07, 6.45) is -0.723. The summed E-state index contributed by atoms with van der Waals surface area (Å²) in [5, 5.41) is 14.5. The van der Waals surface area contributed by atoms with Crippen molar-refractivity contribution in [2.45, 2.75) is 26.3 Å². The number of nitrogens with zero attached hydrogens (tertiary/aromatic N) is 1. The number of nitrogens with one attached hydrogen (secondary N) is 2. The molecule has 0 aromatic heterocycles. The van der Waals surface area contributed by atoms with Crippen molar-refractivity contribution in [1.29, 1.82) is 0 Å². The molecule has 0 aliphatic heterocycles. The van der Waals surface area contributed by atoms with Gasteiger partial charge in [0.05, 0.1) is 12.3 Å². The van der Waals surface area contributed by atoms with Crippen LogP contribution in [0.1, 0.15) is 29.8 Å². The summed E-state index contributed by atoms with van der Waals surface area (Å²) in [6, 6.07) is 12.0. The van der Waals surface area contributed by atoms with E-state index >= 15 is 0 Å². The van der Waals surface area contributed by atoms with Crippen molar-refractivity contribution in [3.05, 3.63) is 59.7 Å². The highest BCUT2D eigenvalue weighted by molar-refractivity contribution is 6.04. The van der Waals surface area contributed by atoms with E-state index in [0.29, 0.717) is 22.5 Å². The summed E-state index contributed by atoms with van der Waals surface area (Å²) < 4.78 is 4.97. The van der Waals surface area contributed by atoms with Gasteiger partial charge in [-0.2, -0.15) is 0 Å². The minimum Gasteiger partial charge on any atom is -0.480 e. The molecular formula is C22H27N5O5. The zero-order chi connectivity index (χ0) is 23.7. The normalized spacial score (nSPS) is 11.3. The number of rotatable bonds is 9. The molecule has 32 heavy (non-hydrogen) atoms. The molecule has 0 unspecified atom stereocenters. The highest BCUT2D eigenvalue weighted by Crippen LogP contribution is 2.17. The molecule has 10 nitrogen and oxygen atoms in total. The predicted molar refractivity (Wildman–Crippen MR) is 121 cm³/mol.